The number of carbonyl (C=O) groups is 1. The lowest BCUT2D eigenvalue weighted by molar-refractivity contribution is -0.126. The third-order valence-corrected chi connectivity index (χ3v) is 5.18. The molecule has 154 valence electrons. The Labute approximate surface area is 176 Å². The average molecular weight is 417 g/mol. The van der Waals surface area contributed by atoms with Crippen molar-refractivity contribution in [2.45, 2.75) is 0 Å². The molecular weight excluding hydrogens is 392 g/mol. The molecule has 29 heavy (non-hydrogen) atoms. The molecule has 0 N–H and O–H groups in total. The molecule has 1 aliphatic rings. The van der Waals surface area contributed by atoms with Gasteiger partial charge in [0, 0.05) is 54.6 Å². The summed E-state index contributed by atoms with van der Waals surface area (Å²) in [5.74, 6) is 1.74. The minimum atomic E-state index is -0.0300. The Balaban J connectivity index is 1.65. The van der Waals surface area contributed by atoms with Gasteiger partial charge in [0.15, 0.2) is 11.5 Å². The van der Waals surface area contributed by atoms with Crippen molar-refractivity contribution in [3.63, 3.8) is 0 Å². The number of amides is 1. The van der Waals surface area contributed by atoms with Crippen LogP contribution in [0.2, 0.25) is 5.02 Å². The topological polar surface area (TPSA) is 51.2 Å². The summed E-state index contributed by atoms with van der Waals surface area (Å²) < 4.78 is 16.0. The van der Waals surface area contributed by atoms with E-state index in [2.05, 4.69) is 4.90 Å². The maximum absolute atomic E-state index is 12.6. The summed E-state index contributed by atoms with van der Waals surface area (Å²) >= 11 is 5.96. The smallest absolute Gasteiger partial charge is 0.246 e. The average Bonchev–Trinajstić information content (AvgIpc) is 2.77. The predicted molar refractivity (Wildman–Crippen MR) is 115 cm³/mol. The van der Waals surface area contributed by atoms with Crippen LogP contribution in [0.1, 0.15) is 5.56 Å². The highest BCUT2D eigenvalue weighted by Crippen LogP contribution is 2.35. The van der Waals surface area contributed by atoms with E-state index in [9.17, 15) is 4.79 Å². The Morgan fingerprint density at radius 2 is 1.48 bits per heavy atom. The van der Waals surface area contributed by atoms with E-state index in [-0.39, 0.29) is 5.91 Å². The van der Waals surface area contributed by atoms with Gasteiger partial charge in [-0.3, -0.25) is 4.79 Å². The van der Waals surface area contributed by atoms with Gasteiger partial charge in [-0.15, -0.1) is 0 Å². The summed E-state index contributed by atoms with van der Waals surface area (Å²) in [7, 11) is 4.72. The van der Waals surface area contributed by atoms with Crippen LogP contribution in [-0.2, 0) is 4.79 Å². The zero-order chi connectivity index (χ0) is 20.8. The van der Waals surface area contributed by atoms with E-state index in [1.54, 1.807) is 45.6 Å². The molecule has 0 saturated carbocycles. The first kappa shape index (κ1) is 20.9. The number of hydrogen-bond donors (Lipinski definition) is 0. The van der Waals surface area contributed by atoms with Gasteiger partial charge in [0.1, 0.15) is 5.75 Å². The van der Waals surface area contributed by atoms with Gasteiger partial charge in [-0.2, -0.15) is 0 Å². The quantitative estimate of drug-likeness (QED) is 0.671. The van der Waals surface area contributed by atoms with Gasteiger partial charge in [-0.25, -0.2) is 0 Å². The number of methoxy groups -OCH3 is 3. The lowest BCUT2D eigenvalue weighted by Gasteiger charge is -2.35. The maximum atomic E-state index is 12.6. The number of piperazine rings is 1. The second-order valence-corrected chi connectivity index (χ2v) is 7.01. The Morgan fingerprint density at radius 3 is 2.07 bits per heavy atom. The third kappa shape index (κ3) is 4.95. The zero-order valence-electron chi connectivity index (χ0n) is 16.9. The summed E-state index contributed by atoms with van der Waals surface area (Å²) in [6.45, 7) is 2.88. The monoisotopic (exact) mass is 416 g/mol. The summed E-state index contributed by atoms with van der Waals surface area (Å²) in [5, 5.41) is 0.721. The molecule has 0 bridgehead atoms. The van der Waals surface area contributed by atoms with Crippen molar-refractivity contribution < 1.29 is 19.0 Å². The van der Waals surface area contributed by atoms with Gasteiger partial charge in [-0.1, -0.05) is 11.6 Å². The molecule has 6 nitrogen and oxygen atoms in total. The standard InChI is InChI=1S/C22H25ClN2O4/c1-27-19-15-21(29-3)20(28-2)14-16(19)4-9-22(26)25-12-10-24(11-13-25)18-7-5-17(23)6-8-18/h4-9,14-15H,10-13H2,1-3H3. The number of nitrogens with zero attached hydrogens (tertiary/aromatic N) is 2. The van der Waals surface area contributed by atoms with E-state index in [0.29, 0.717) is 30.3 Å². The van der Waals surface area contributed by atoms with Crippen LogP contribution in [0.25, 0.3) is 6.08 Å². The molecule has 0 spiro atoms. The first-order valence-electron chi connectivity index (χ1n) is 9.33. The molecule has 1 amide bonds. The fourth-order valence-corrected chi connectivity index (χ4v) is 3.41. The second-order valence-electron chi connectivity index (χ2n) is 6.57. The van der Waals surface area contributed by atoms with Crippen LogP contribution in [0.3, 0.4) is 0 Å². The molecule has 0 aromatic heterocycles. The lowest BCUT2D eigenvalue weighted by atomic mass is 10.1. The highest BCUT2D eigenvalue weighted by molar-refractivity contribution is 6.30. The van der Waals surface area contributed by atoms with E-state index in [0.717, 1.165) is 29.4 Å². The van der Waals surface area contributed by atoms with Gasteiger partial charge in [0.05, 0.1) is 21.3 Å². The van der Waals surface area contributed by atoms with Gasteiger partial charge < -0.3 is 24.0 Å². The number of rotatable bonds is 6. The molecule has 1 heterocycles. The largest absolute Gasteiger partial charge is 0.496 e. The maximum Gasteiger partial charge on any atom is 0.246 e. The minimum Gasteiger partial charge on any atom is -0.496 e. The number of halogens is 1. The number of anilines is 1. The molecule has 1 aliphatic heterocycles. The number of benzene rings is 2. The van der Waals surface area contributed by atoms with Gasteiger partial charge in [-0.05, 0) is 36.4 Å². The Morgan fingerprint density at radius 1 is 0.897 bits per heavy atom. The van der Waals surface area contributed by atoms with Crippen molar-refractivity contribution in [1.82, 2.24) is 4.90 Å². The van der Waals surface area contributed by atoms with Crippen molar-refractivity contribution in [1.29, 1.82) is 0 Å². The first-order valence-corrected chi connectivity index (χ1v) is 9.71. The second kappa shape index (κ2) is 9.56. The molecule has 0 aliphatic carbocycles. The minimum absolute atomic E-state index is 0.0300. The molecule has 1 saturated heterocycles. The van der Waals surface area contributed by atoms with Crippen LogP contribution in [0, 0.1) is 0 Å². The van der Waals surface area contributed by atoms with Crippen molar-refractivity contribution >= 4 is 29.3 Å². The summed E-state index contributed by atoms with van der Waals surface area (Å²) in [4.78, 5) is 16.7. The fraction of sp³-hybridized carbons (Fsp3) is 0.318. The molecule has 0 atom stereocenters. The van der Waals surface area contributed by atoms with Crippen LogP contribution in [-0.4, -0.2) is 58.3 Å². The van der Waals surface area contributed by atoms with E-state index in [4.69, 9.17) is 25.8 Å². The molecule has 2 aromatic carbocycles. The van der Waals surface area contributed by atoms with Gasteiger partial charge in [0.2, 0.25) is 5.91 Å². The van der Waals surface area contributed by atoms with Crippen molar-refractivity contribution in [3.05, 3.63) is 53.1 Å². The molecule has 2 aromatic rings. The Kier molecular flexibility index (Phi) is 6.88. The molecule has 0 radical (unpaired) electrons. The Hall–Kier alpha value is -2.86. The van der Waals surface area contributed by atoms with Crippen molar-refractivity contribution in [2.75, 3.05) is 52.4 Å². The summed E-state index contributed by atoms with van der Waals surface area (Å²) in [5.41, 5.74) is 1.87. The first-order chi connectivity index (χ1) is 14.0. The van der Waals surface area contributed by atoms with Crippen molar-refractivity contribution in [2.24, 2.45) is 0 Å². The van der Waals surface area contributed by atoms with Gasteiger partial charge in [0.25, 0.3) is 0 Å². The molecule has 7 heteroatoms. The predicted octanol–water partition coefficient (Wildman–Crippen LogP) is 3.73. The highest BCUT2D eigenvalue weighted by Gasteiger charge is 2.20. The molecule has 1 fully saturated rings. The van der Waals surface area contributed by atoms with Crippen LogP contribution in [0.4, 0.5) is 5.69 Å². The van der Waals surface area contributed by atoms with Crippen molar-refractivity contribution in [3.8, 4) is 17.2 Å². The van der Waals surface area contributed by atoms with E-state index in [1.807, 2.05) is 29.2 Å². The molecule has 3 rings (SSSR count). The number of hydrogen-bond acceptors (Lipinski definition) is 5. The Bertz CT molecular complexity index is 875. The van der Waals surface area contributed by atoms with E-state index < -0.39 is 0 Å². The molecular formula is C22H25ClN2O4. The van der Waals surface area contributed by atoms with E-state index in [1.165, 1.54) is 0 Å². The van der Waals surface area contributed by atoms with Crippen LogP contribution in [0.15, 0.2) is 42.5 Å². The summed E-state index contributed by atoms with van der Waals surface area (Å²) in [6.07, 6.45) is 3.32. The normalized spacial score (nSPS) is 14.2. The number of ether oxygens (including phenoxy) is 3. The lowest BCUT2D eigenvalue weighted by Crippen LogP contribution is -2.48. The van der Waals surface area contributed by atoms with Crippen LogP contribution >= 0.6 is 11.6 Å². The number of carbonyl (C=O) groups excluding carboxylic acids is 1. The SMILES string of the molecule is COc1cc(OC)c(OC)cc1C=CC(=O)N1CCN(c2ccc(Cl)cc2)CC1. The molecule has 0 unspecified atom stereocenters. The van der Waals surface area contributed by atoms with E-state index >= 15 is 0 Å². The summed E-state index contributed by atoms with van der Waals surface area (Å²) in [6, 6.07) is 11.3. The third-order valence-electron chi connectivity index (χ3n) is 4.92. The van der Waals surface area contributed by atoms with Crippen LogP contribution in [0.5, 0.6) is 17.2 Å². The highest BCUT2D eigenvalue weighted by atomic mass is 35.5. The zero-order valence-corrected chi connectivity index (χ0v) is 17.6. The van der Waals surface area contributed by atoms with Gasteiger partial charge >= 0.3 is 0 Å². The fourth-order valence-electron chi connectivity index (χ4n) is 3.29. The van der Waals surface area contributed by atoms with Crippen LogP contribution < -0.4 is 19.1 Å².